The molecular weight excluding hydrogens is 597 g/mol. The monoisotopic (exact) mass is 622 g/mol. The van der Waals surface area contributed by atoms with Gasteiger partial charge in [-0.3, -0.25) is 4.57 Å². The highest BCUT2D eigenvalue weighted by molar-refractivity contribution is 6.36. The zero-order valence-electron chi connectivity index (χ0n) is 26.3. The summed E-state index contributed by atoms with van der Waals surface area (Å²) < 4.78 is 7.26. The normalized spacial score (nSPS) is 12.5. The molecule has 4 nitrogen and oxygen atoms in total. The number of benzene rings is 7. The number of aromatic nitrogens is 4. The lowest BCUT2D eigenvalue weighted by Crippen LogP contribution is -1.99. The van der Waals surface area contributed by atoms with Gasteiger partial charge in [-0.15, -0.1) is 0 Å². The van der Waals surface area contributed by atoms with Gasteiger partial charge in [-0.25, -0.2) is 4.98 Å². The van der Waals surface area contributed by atoms with Gasteiger partial charge < -0.3 is 8.97 Å². The number of pyridine rings is 1. The van der Waals surface area contributed by atoms with Crippen molar-refractivity contribution in [1.82, 2.24) is 18.5 Å². The first kappa shape index (κ1) is 25.4. The third-order valence-electron chi connectivity index (χ3n) is 10.8. The van der Waals surface area contributed by atoms with Crippen LogP contribution in [0, 0.1) is 0 Å². The predicted octanol–water partition coefficient (Wildman–Crippen LogP) is 11.6. The number of hydrogen-bond acceptors (Lipinski definition) is 1. The molecule has 7 aromatic carbocycles. The highest BCUT2D eigenvalue weighted by atomic mass is 15.1. The largest absolute Gasteiger partial charge is 0.308 e. The molecule has 0 saturated heterocycles. The Morgan fingerprint density at radius 2 is 0.980 bits per heavy atom. The van der Waals surface area contributed by atoms with Crippen LogP contribution >= 0.6 is 0 Å². The van der Waals surface area contributed by atoms with E-state index < -0.39 is 0 Å². The van der Waals surface area contributed by atoms with Gasteiger partial charge in [0.05, 0.1) is 44.8 Å². The zero-order valence-corrected chi connectivity index (χ0v) is 26.3. The summed E-state index contributed by atoms with van der Waals surface area (Å²) in [5.41, 5.74) is 9.54. The maximum atomic E-state index is 5.29. The number of para-hydroxylation sites is 4. The van der Waals surface area contributed by atoms with E-state index >= 15 is 0 Å². The van der Waals surface area contributed by atoms with E-state index in [0.29, 0.717) is 0 Å². The fourth-order valence-electron chi connectivity index (χ4n) is 8.83. The van der Waals surface area contributed by atoms with Gasteiger partial charge in [0.25, 0.3) is 0 Å². The Hall–Kier alpha value is -6.65. The van der Waals surface area contributed by atoms with Crippen molar-refractivity contribution in [3.63, 3.8) is 0 Å². The average molecular weight is 623 g/mol. The summed E-state index contributed by atoms with van der Waals surface area (Å²) in [5, 5.41) is 12.5. The molecule has 0 atom stereocenters. The lowest BCUT2D eigenvalue weighted by atomic mass is 10.0. The van der Waals surface area contributed by atoms with Gasteiger partial charge in [0.15, 0.2) is 0 Å². The van der Waals surface area contributed by atoms with Crippen LogP contribution < -0.4 is 0 Å². The van der Waals surface area contributed by atoms with E-state index in [4.69, 9.17) is 4.98 Å². The first-order chi connectivity index (χ1) is 24.3. The van der Waals surface area contributed by atoms with Gasteiger partial charge in [-0.1, -0.05) is 109 Å². The van der Waals surface area contributed by atoms with Crippen molar-refractivity contribution in [2.75, 3.05) is 0 Å². The maximum Gasteiger partial charge on any atom is 0.138 e. The highest BCUT2D eigenvalue weighted by Gasteiger charge is 2.26. The Labute approximate surface area is 279 Å². The minimum atomic E-state index is 0.919. The van der Waals surface area contributed by atoms with Gasteiger partial charge in [0.1, 0.15) is 5.82 Å². The van der Waals surface area contributed by atoms with Gasteiger partial charge >= 0.3 is 0 Å². The number of nitrogens with zero attached hydrogens (tertiary/aromatic N) is 4. The van der Waals surface area contributed by atoms with Gasteiger partial charge in [-0.2, -0.15) is 0 Å². The minimum Gasteiger partial charge on any atom is -0.308 e. The summed E-state index contributed by atoms with van der Waals surface area (Å²) in [6.45, 7) is 0. The molecule has 0 fully saturated rings. The van der Waals surface area contributed by atoms with Gasteiger partial charge in [0.2, 0.25) is 0 Å². The summed E-state index contributed by atoms with van der Waals surface area (Å²) in [7, 11) is 0. The van der Waals surface area contributed by atoms with Crippen LogP contribution in [0.3, 0.4) is 0 Å². The summed E-state index contributed by atoms with van der Waals surface area (Å²) >= 11 is 0. The molecule has 49 heavy (non-hydrogen) atoms. The van der Waals surface area contributed by atoms with Crippen LogP contribution in [0.2, 0.25) is 0 Å². The Kier molecular flexibility index (Phi) is 4.69. The van der Waals surface area contributed by atoms with E-state index in [0.717, 1.165) is 22.5 Å². The number of hydrogen-bond donors (Lipinski definition) is 0. The quantitative estimate of drug-likeness (QED) is 0.188. The summed E-state index contributed by atoms with van der Waals surface area (Å²) in [5.74, 6) is 0.919. The maximum absolute atomic E-state index is 5.29. The van der Waals surface area contributed by atoms with E-state index in [1.54, 1.807) is 0 Å². The highest BCUT2D eigenvalue weighted by Crippen LogP contribution is 2.47. The Balaban J connectivity index is 1.30. The lowest BCUT2D eigenvalue weighted by Gasteiger charge is -2.10. The molecule has 0 aliphatic heterocycles. The predicted molar refractivity (Wildman–Crippen MR) is 205 cm³/mol. The van der Waals surface area contributed by atoms with E-state index in [9.17, 15) is 0 Å². The molecule has 12 aromatic rings. The van der Waals surface area contributed by atoms with Crippen molar-refractivity contribution in [3.05, 3.63) is 158 Å². The number of rotatable bonds is 2. The van der Waals surface area contributed by atoms with Crippen LogP contribution in [0.5, 0.6) is 0 Å². The molecule has 0 aliphatic rings. The molecule has 0 radical (unpaired) electrons. The molecule has 5 heterocycles. The van der Waals surface area contributed by atoms with Crippen LogP contribution in [0.25, 0.3) is 104 Å². The average Bonchev–Trinajstić information content (AvgIpc) is 3.89. The van der Waals surface area contributed by atoms with Crippen molar-refractivity contribution < 1.29 is 0 Å². The molecule has 0 amide bonds. The van der Waals surface area contributed by atoms with Crippen LogP contribution in [0.1, 0.15) is 0 Å². The smallest absolute Gasteiger partial charge is 0.138 e. The van der Waals surface area contributed by atoms with E-state index in [-0.39, 0.29) is 0 Å². The molecule has 0 saturated carbocycles. The molecule has 0 aliphatic carbocycles. The van der Waals surface area contributed by atoms with Crippen LogP contribution in [0.4, 0.5) is 0 Å². The van der Waals surface area contributed by atoms with Crippen molar-refractivity contribution >= 4 is 92.5 Å². The fraction of sp³-hybridized carbons (Fsp3) is 0. The van der Waals surface area contributed by atoms with Crippen LogP contribution in [0.15, 0.2) is 158 Å². The lowest BCUT2D eigenvalue weighted by molar-refractivity contribution is 1.08. The standard InChI is InChI=1S/C45H26N4/c1-2-13-28(14-3-1)47-37-19-9-6-16-30(37)34-25-41(46-26-40(34)47)48-38-20-10-7-17-31(38)35-24-36-32-18-8-11-21-39(32)49-43-29-15-5-4-12-27(29)22-23-33(43)42(44(35)48)45(36)49/h1-26H. The van der Waals surface area contributed by atoms with Crippen LogP contribution in [-0.2, 0) is 0 Å². The third-order valence-corrected chi connectivity index (χ3v) is 10.8. The zero-order chi connectivity index (χ0) is 31.8. The first-order valence-corrected chi connectivity index (χ1v) is 16.8. The molecular formula is C45H26N4. The second-order valence-corrected chi connectivity index (χ2v) is 13.2. The first-order valence-electron chi connectivity index (χ1n) is 16.8. The molecule has 12 rings (SSSR count). The van der Waals surface area contributed by atoms with E-state index in [1.165, 1.54) is 81.4 Å². The van der Waals surface area contributed by atoms with Gasteiger partial charge in [0, 0.05) is 54.2 Å². The SMILES string of the molecule is c1ccc(-n2c3ccccc3c3cc(-n4c5ccccc5c5cc6c7ccccc7n7c8c9ccccc9ccc8c(c54)c67)ncc32)cc1. The third kappa shape index (κ3) is 3.12. The molecule has 4 heteroatoms. The second-order valence-electron chi connectivity index (χ2n) is 13.2. The number of fused-ring (bicyclic) bond motifs is 15. The molecule has 0 bridgehead atoms. The molecule has 0 unspecified atom stereocenters. The van der Waals surface area contributed by atoms with Crippen LogP contribution in [-0.4, -0.2) is 18.5 Å². The fourth-order valence-corrected chi connectivity index (χ4v) is 8.83. The van der Waals surface area contributed by atoms with Crippen molar-refractivity contribution in [1.29, 1.82) is 0 Å². The van der Waals surface area contributed by atoms with E-state index in [2.05, 4.69) is 171 Å². The Bertz CT molecular complexity index is 3320. The topological polar surface area (TPSA) is 27.2 Å². The Morgan fingerprint density at radius 1 is 0.367 bits per heavy atom. The van der Waals surface area contributed by atoms with Gasteiger partial charge in [-0.05, 0) is 47.9 Å². The molecule has 226 valence electrons. The summed E-state index contributed by atoms with van der Waals surface area (Å²) in [6, 6.07) is 55.1. The molecule has 0 spiro atoms. The van der Waals surface area contributed by atoms with E-state index in [1.807, 2.05) is 0 Å². The summed E-state index contributed by atoms with van der Waals surface area (Å²) in [4.78, 5) is 5.29. The molecule has 0 N–H and O–H groups in total. The van der Waals surface area contributed by atoms with Crippen molar-refractivity contribution in [2.45, 2.75) is 0 Å². The van der Waals surface area contributed by atoms with Crippen molar-refractivity contribution in [3.8, 4) is 11.5 Å². The van der Waals surface area contributed by atoms with Crippen molar-refractivity contribution in [2.24, 2.45) is 0 Å². The minimum absolute atomic E-state index is 0.919. The second kappa shape index (κ2) is 9.03. The molecule has 5 aromatic heterocycles. The summed E-state index contributed by atoms with van der Waals surface area (Å²) in [6.07, 6.45) is 2.06. The Morgan fingerprint density at radius 3 is 1.78 bits per heavy atom.